The summed E-state index contributed by atoms with van der Waals surface area (Å²) < 4.78 is 0. The predicted molar refractivity (Wildman–Crippen MR) is 42.3 cm³/mol. The molecule has 0 radical (unpaired) electrons. The van der Waals surface area contributed by atoms with Gasteiger partial charge in [0.25, 0.3) is 0 Å². The molecule has 2 heterocycles. The van der Waals surface area contributed by atoms with E-state index in [2.05, 4.69) is 5.32 Å². The molecule has 1 atom stereocenters. The minimum absolute atomic E-state index is 0.000926. The zero-order valence-electron chi connectivity index (χ0n) is 7.04. The minimum Gasteiger partial charge on any atom is -0.313 e. The number of likely N-dealkylation sites (tertiary alicyclic amines) is 1. The molecule has 66 valence electrons. The van der Waals surface area contributed by atoms with Gasteiger partial charge in [-0.1, -0.05) is 6.92 Å². The largest absolute Gasteiger partial charge is 0.313 e. The summed E-state index contributed by atoms with van der Waals surface area (Å²) in [6, 6.07) is 0.134. The van der Waals surface area contributed by atoms with Gasteiger partial charge >= 0.3 is 0 Å². The first kappa shape index (κ1) is 7.73. The second-order valence-electron chi connectivity index (χ2n) is 3.52. The molecule has 1 unspecified atom stereocenters. The third-order valence-corrected chi connectivity index (χ3v) is 2.53. The molecule has 0 spiro atoms. The Morgan fingerprint density at radius 1 is 1.42 bits per heavy atom. The molecule has 2 amide bonds. The molecule has 4 nitrogen and oxygen atoms in total. The highest BCUT2D eigenvalue weighted by molar-refractivity contribution is 6.03. The van der Waals surface area contributed by atoms with Crippen molar-refractivity contribution >= 4 is 11.8 Å². The molecule has 0 aromatic heterocycles. The van der Waals surface area contributed by atoms with Crippen LogP contribution in [0.5, 0.6) is 0 Å². The minimum atomic E-state index is -0.0990. The number of hydrogen-bond donors (Lipinski definition) is 1. The Morgan fingerprint density at radius 2 is 2.08 bits per heavy atom. The average molecular weight is 168 g/mol. The van der Waals surface area contributed by atoms with E-state index >= 15 is 0 Å². The van der Waals surface area contributed by atoms with Crippen LogP contribution >= 0.6 is 0 Å². The van der Waals surface area contributed by atoms with Crippen molar-refractivity contribution in [2.75, 3.05) is 13.1 Å². The summed E-state index contributed by atoms with van der Waals surface area (Å²) in [6.45, 7) is 3.35. The van der Waals surface area contributed by atoms with Crippen molar-refractivity contribution in [2.24, 2.45) is 5.92 Å². The van der Waals surface area contributed by atoms with Crippen LogP contribution in [0, 0.1) is 5.92 Å². The van der Waals surface area contributed by atoms with Crippen LogP contribution in [-0.2, 0) is 9.59 Å². The summed E-state index contributed by atoms with van der Waals surface area (Å²) in [6.07, 6.45) is 0.398. The predicted octanol–water partition coefficient (Wildman–Crippen LogP) is -0.647. The molecule has 2 rings (SSSR count). The number of rotatable bonds is 1. The van der Waals surface area contributed by atoms with Gasteiger partial charge in [-0.15, -0.1) is 0 Å². The zero-order valence-corrected chi connectivity index (χ0v) is 7.04. The van der Waals surface area contributed by atoms with Crippen molar-refractivity contribution in [3.63, 3.8) is 0 Å². The monoisotopic (exact) mass is 168 g/mol. The maximum absolute atomic E-state index is 11.4. The summed E-state index contributed by atoms with van der Waals surface area (Å²) in [5, 5.41) is 3.05. The Kier molecular flexibility index (Phi) is 1.65. The number of imide groups is 1. The number of nitrogens with one attached hydrogen (secondary N) is 1. The number of hydrogen-bond acceptors (Lipinski definition) is 3. The average Bonchev–Trinajstić information content (AvgIpc) is 2.13. The van der Waals surface area contributed by atoms with Crippen LogP contribution in [0.25, 0.3) is 0 Å². The van der Waals surface area contributed by atoms with E-state index in [-0.39, 0.29) is 23.8 Å². The Morgan fingerprint density at radius 3 is 2.42 bits per heavy atom. The van der Waals surface area contributed by atoms with Crippen molar-refractivity contribution in [1.82, 2.24) is 10.2 Å². The van der Waals surface area contributed by atoms with Crippen LogP contribution in [-0.4, -0.2) is 35.8 Å². The molecule has 12 heavy (non-hydrogen) atoms. The second kappa shape index (κ2) is 2.55. The van der Waals surface area contributed by atoms with Gasteiger partial charge in [-0.25, -0.2) is 0 Å². The normalized spacial score (nSPS) is 31.1. The molecule has 0 saturated carbocycles. The molecule has 2 aliphatic rings. The van der Waals surface area contributed by atoms with E-state index < -0.39 is 0 Å². The number of carbonyl (C=O) groups excluding carboxylic acids is 2. The zero-order chi connectivity index (χ0) is 8.72. The Labute approximate surface area is 70.9 Å². The van der Waals surface area contributed by atoms with Gasteiger partial charge in [-0.3, -0.25) is 14.5 Å². The number of nitrogens with zero attached hydrogens (tertiary/aromatic N) is 1. The van der Waals surface area contributed by atoms with Crippen LogP contribution in [0.3, 0.4) is 0 Å². The van der Waals surface area contributed by atoms with Crippen LogP contribution in [0.1, 0.15) is 13.3 Å². The van der Waals surface area contributed by atoms with Gasteiger partial charge in [0.2, 0.25) is 11.8 Å². The number of amides is 2. The van der Waals surface area contributed by atoms with Crippen molar-refractivity contribution < 1.29 is 9.59 Å². The topological polar surface area (TPSA) is 49.4 Å². The fraction of sp³-hybridized carbons (Fsp3) is 0.750. The van der Waals surface area contributed by atoms with E-state index in [0.717, 1.165) is 13.1 Å². The highest BCUT2D eigenvalue weighted by Gasteiger charge is 2.41. The fourth-order valence-corrected chi connectivity index (χ4v) is 1.65. The Hall–Kier alpha value is -0.900. The Bertz CT molecular complexity index is 235. The third-order valence-electron chi connectivity index (χ3n) is 2.53. The summed E-state index contributed by atoms with van der Waals surface area (Å²) in [5.74, 6) is -0.0939. The van der Waals surface area contributed by atoms with Gasteiger partial charge in [0, 0.05) is 25.4 Å². The standard InChI is InChI=1S/C8H12N2O2/c1-5-2-7(11)10(8(5)12)6-3-9-4-6/h5-6,9H,2-4H2,1H3. The van der Waals surface area contributed by atoms with E-state index in [9.17, 15) is 9.59 Å². The third kappa shape index (κ3) is 0.948. The van der Waals surface area contributed by atoms with E-state index in [4.69, 9.17) is 0 Å². The lowest BCUT2D eigenvalue weighted by Crippen LogP contribution is -2.58. The van der Waals surface area contributed by atoms with Gasteiger partial charge < -0.3 is 5.32 Å². The molecule has 4 heteroatoms. The molecule has 0 aliphatic carbocycles. The highest BCUT2D eigenvalue weighted by atomic mass is 16.2. The highest BCUT2D eigenvalue weighted by Crippen LogP contribution is 2.22. The fourth-order valence-electron chi connectivity index (χ4n) is 1.65. The van der Waals surface area contributed by atoms with Crippen LogP contribution in [0.15, 0.2) is 0 Å². The molecule has 2 fully saturated rings. The van der Waals surface area contributed by atoms with E-state index in [1.54, 1.807) is 0 Å². The molecule has 0 aromatic carbocycles. The quantitative estimate of drug-likeness (QED) is 0.529. The van der Waals surface area contributed by atoms with Crippen LogP contribution in [0.4, 0.5) is 0 Å². The van der Waals surface area contributed by atoms with Crippen molar-refractivity contribution in [3.05, 3.63) is 0 Å². The Balaban J connectivity index is 2.12. The van der Waals surface area contributed by atoms with Gasteiger partial charge in [-0.2, -0.15) is 0 Å². The van der Waals surface area contributed by atoms with Gasteiger partial charge in [0.1, 0.15) is 0 Å². The maximum Gasteiger partial charge on any atom is 0.232 e. The number of carbonyl (C=O) groups is 2. The first-order valence-electron chi connectivity index (χ1n) is 4.27. The van der Waals surface area contributed by atoms with Crippen molar-refractivity contribution in [2.45, 2.75) is 19.4 Å². The van der Waals surface area contributed by atoms with Crippen molar-refractivity contribution in [1.29, 1.82) is 0 Å². The van der Waals surface area contributed by atoms with E-state index in [1.165, 1.54) is 4.90 Å². The smallest absolute Gasteiger partial charge is 0.232 e. The maximum atomic E-state index is 11.4. The lowest BCUT2D eigenvalue weighted by atomic mass is 10.1. The van der Waals surface area contributed by atoms with Crippen molar-refractivity contribution in [3.8, 4) is 0 Å². The first-order chi connectivity index (χ1) is 5.70. The summed E-state index contributed by atoms with van der Waals surface area (Å²) in [4.78, 5) is 24.2. The first-order valence-corrected chi connectivity index (χ1v) is 4.27. The summed E-state index contributed by atoms with van der Waals surface area (Å²) in [5.41, 5.74) is 0. The molecule has 2 aliphatic heterocycles. The SMILES string of the molecule is CC1CC(=O)N(C2CNC2)C1=O. The van der Waals surface area contributed by atoms with Gasteiger partial charge in [-0.05, 0) is 0 Å². The molecule has 0 bridgehead atoms. The van der Waals surface area contributed by atoms with Gasteiger partial charge in [0.05, 0.1) is 6.04 Å². The molecular formula is C8H12N2O2. The second-order valence-corrected chi connectivity index (χ2v) is 3.52. The van der Waals surface area contributed by atoms with Crippen LogP contribution < -0.4 is 5.32 Å². The molecule has 0 aromatic rings. The summed E-state index contributed by atoms with van der Waals surface area (Å²) >= 11 is 0. The lowest BCUT2D eigenvalue weighted by Gasteiger charge is -2.34. The van der Waals surface area contributed by atoms with E-state index in [1.807, 2.05) is 6.92 Å². The molecule has 2 saturated heterocycles. The van der Waals surface area contributed by atoms with Crippen LogP contribution in [0.2, 0.25) is 0 Å². The van der Waals surface area contributed by atoms with E-state index in [0.29, 0.717) is 6.42 Å². The summed E-state index contributed by atoms with van der Waals surface area (Å²) in [7, 11) is 0. The van der Waals surface area contributed by atoms with Gasteiger partial charge in [0.15, 0.2) is 0 Å². The lowest BCUT2D eigenvalue weighted by molar-refractivity contribution is -0.143. The molecule has 1 N–H and O–H groups in total. The molecular weight excluding hydrogens is 156 g/mol.